The molecule has 2 N–H and O–H groups in total. The number of benzene rings is 1. The maximum atomic E-state index is 5.48. The van der Waals surface area contributed by atoms with E-state index in [1.807, 2.05) is 25.2 Å². The van der Waals surface area contributed by atoms with Gasteiger partial charge in [0.15, 0.2) is 5.96 Å². The monoisotopic (exact) mass is 333 g/mol. The zero-order valence-electron chi connectivity index (χ0n) is 15.6. The van der Waals surface area contributed by atoms with Crippen molar-refractivity contribution in [1.82, 2.24) is 10.6 Å². The molecule has 1 saturated carbocycles. The normalized spacial score (nSPS) is 18.1. The summed E-state index contributed by atoms with van der Waals surface area (Å²) in [5.41, 5.74) is 1.43. The molecule has 5 heteroatoms. The van der Waals surface area contributed by atoms with Crippen molar-refractivity contribution >= 4 is 5.96 Å². The predicted molar refractivity (Wildman–Crippen MR) is 99.0 cm³/mol. The Kier molecular flexibility index (Phi) is 6.35. The van der Waals surface area contributed by atoms with Crippen LogP contribution in [0.15, 0.2) is 23.2 Å². The third-order valence-electron chi connectivity index (χ3n) is 4.97. The quantitative estimate of drug-likeness (QED) is 0.618. The summed E-state index contributed by atoms with van der Waals surface area (Å²) in [6.45, 7) is 5.41. The van der Waals surface area contributed by atoms with Gasteiger partial charge in [0.1, 0.15) is 11.5 Å². The van der Waals surface area contributed by atoms with Gasteiger partial charge >= 0.3 is 0 Å². The lowest BCUT2D eigenvalue weighted by Crippen LogP contribution is -2.43. The molecule has 0 aliphatic heterocycles. The smallest absolute Gasteiger partial charge is 0.191 e. The third kappa shape index (κ3) is 4.56. The molecular formula is C19H31N3O2. The summed E-state index contributed by atoms with van der Waals surface area (Å²) in [5, 5.41) is 6.94. The summed E-state index contributed by atoms with van der Waals surface area (Å²) in [6, 6.07) is 5.89. The van der Waals surface area contributed by atoms with E-state index in [-0.39, 0.29) is 6.04 Å². The van der Waals surface area contributed by atoms with Gasteiger partial charge < -0.3 is 20.1 Å². The largest absolute Gasteiger partial charge is 0.497 e. The molecule has 1 unspecified atom stereocenters. The number of ether oxygens (including phenoxy) is 2. The molecule has 0 heterocycles. The summed E-state index contributed by atoms with van der Waals surface area (Å²) < 4.78 is 10.8. The van der Waals surface area contributed by atoms with Gasteiger partial charge in [-0.3, -0.25) is 4.99 Å². The third-order valence-corrected chi connectivity index (χ3v) is 4.97. The van der Waals surface area contributed by atoms with Crippen molar-refractivity contribution < 1.29 is 9.47 Å². The van der Waals surface area contributed by atoms with E-state index in [4.69, 9.17) is 9.47 Å². The Morgan fingerprint density at radius 3 is 2.54 bits per heavy atom. The van der Waals surface area contributed by atoms with Gasteiger partial charge in [-0.1, -0.05) is 19.8 Å². The molecule has 2 rings (SSSR count). The van der Waals surface area contributed by atoms with Gasteiger partial charge in [0.25, 0.3) is 0 Å². The van der Waals surface area contributed by atoms with E-state index in [9.17, 15) is 0 Å². The van der Waals surface area contributed by atoms with Crippen molar-refractivity contribution in [2.75, 3.05) is 27.8 Å². The van der Waals surface area contributed by atoms with Crippen LogP contribution in [0.25, 0.3) is 0 Å². The van der Waals surface area contributed by atoms with Gasteiger partial charge in [0.2, 0.25) is 0 Å². The van der Waals surface area contributed by atoms with Gasteiger partial charge in [-0.15, -0.1) is 0 Å². The number of hydrogen-bond acceptors (Lipinski definition) is 3. The first-order valence-electron chi connectivity index (χ1n) is 8.70. The van der Waals surface area contributed by atoms with E-state index >= 15 is 0 Å². The van der Waals surface area contributed by atoms with E-state index in [0.717, 1.165) is 29.6 Å². The maximum Gasteiger partial charge on any atom is 0.191 e. The molecule has 0 saturated heterocycles. The molecule has 1 aliphatic carbocycles. The minimum atomic E-state index is 0.0534. The van der Waals surface area contributed by atoms with E-state index in [1.54, 1.807) is 14.2 Å². The summed E-state index contributed by atoms with van der Waals surface area (Å²) >= 11 is 0. The molecule has 24 heavy (non-hydrogen) atoms. The van der Waals surface area contributed by atoms with Crippen LogP contribution in [-0.4, -0.2) is 33.8 Å². The molecule has 1 atom stereocenters. The molecule has 0 aromatic heterocycles. The minimum absolute atomic E-state index is 0.0534. The molecule has 1 fully saturated rings. The van der Waals surface area contributed by atoms with Crippen molar-refractivity contribution in [1.29, 1.82) is 0 Å². The van der Waals surface area contributed by atoms with Crippen molar-refractivity contribution in [3.63, 3.8) is 0 Å². The van der Waals surface area contributed by atoms with Gasteiger partial charge in [-0.05, 0) is 43.4 Å². The number of guanidine groups is 1. The van der Waals surface area contributed by atoms with Crippen LogP contribution >= 0.6 is 0 Å². The molecule has 0 radical (unpaired) electrons. The number of hydrogen-bond donors (Lipinski definition) is 2. The molecule has 1 aromatic rings. The van der Waals surface area contributed by atoms with E-state index in [2.05, 4.69) is 29.5 Å². The highest BCUT2D eigenvalue weighted by Crippen LogP contribution is 2.36. The lowest BCUT2D eigenvalue weighted by molar-refractivity contribution is 0.333. The lowest BCUT2D eigenvalue weighted by Gasteiger charge is -2.26. The predicted octanol–water partition coefficient (Wildman–Crippen LogP) is 3.51. The summed E-state index contributed by atoms with van der Waals surface area (Å²) in [6.07, 6.45) is 5.25. The van der Waals surface area contributed by atoms with Crippen molar-refractivity contribution in [2.24, 2.45) is 10.4 Å². The van der Waals surface area contributed by atoms with Gasteiger partial charge in [-0.25, -0.2) is 0 Å². The topological polar surface area (TPSA) is 54.9 Å². The lowest BCUT2D eigenvalue weighted by atomic mass is 9.89. The fraction of sp³-hybridized carbons (Fsp3) is 0.632. The number of nitrogens with one attached hydrogen (secondary N) is 2. The van der Waals surface area contributed by atoms with Gasteiger partial charge in [0.05, 0.1) is 20.3 Å². The highest BCUT2D eigenvalue weighted by atomic mass is 16.5. The standard InChI is InChI=1S/C19H31N3O2/c1-14(16-12-15(23-4)8-9-17(16)24-5)22-18(20-3)21-13-19(2)10-6-7-11-19/h8-9,12,14H,6-7,10-11,13H2,1-5H3,(H2,20,21,22). The van der Waals surface area contributed by atoms with E-state index in [0.29, 0.717) is 5.41 Å². The number of aliphatic imine (C=N–C) groups is 1. The summed E-state index contributed by atoms with van der Waals surface area (Å²) in [4.78, 5) is 4.37. The first-order valence-corrected chi connectivity index (χ1v) is 8.70. The summed E-state index contributed by atoms with van der Waals surface area (Å²) in [5.74, 6) is 2.48. The van der Waals surface area contributed by atoms with E-state index in [1.165, 1.54) is 25.7 Å². The highest BCUT2D eigenvalue weighted by molar-refractivity contribution is 5.80. The fourth-order valence-electron chi connectivity index (χ4n) is 3.36. The Bertz CT molecular complexity index is 566. The van der Waals surface area contributed by atoms with Crippen molar-refractivity contribution in [2.45, 2.75) is 45.6 Å². The number of rotatable bonds is 6. The van der Waals surface area contributed by atoms with Crippen LogP contribution in [0.5, 0.6) is 11.5 Å². The number of nitrogens with zero attached hydrogens (tertiary/aromatic N) is 1. The van der Waals surface area contributed by atoms with Crippen LogP contribution in [0.3, 0.4) is 0 Å². The van der Waals surface area contributed by atoms with E-state index < -0.39 is 0 Å². The molecule has 1 aromatic carbocycles. The first-order chi connectivity index (χ1) is 11.5. The average molecular weight is 333 g/mol. The van der Waals surface area contributed by atoms with Crippen LogP contribution in [0.2, 0.25) is 0 Å². The van der Waals surface area contributed by atoms with Crippen molar-refractivity contribution in [3.05, 3.63) is 23.8 Å². The van der Waals surface area contributed by atoms with Crippen LogP contribution in [-0.2, 0) is 0 Å². The zero-order chi connectivity index (χ0) is 17.6. The fourth-order valence-corrected chi connectivity index (χ4v) is 3.36. The Hall–Kier alpha value is -1.91. The second kappa shape index (κ2) is 8.27. The minimum Gasteiger partial charge on any atom is -0.497 e. The Morgan fingerprint density at radius 1 is 1.25 bits per heavy atom. The molecule has 0 amide bonds. The van der Waals surface area contributed by atoms with Crippen LogP contribution in [0.4, 0.5) is 0 Å². The van der Waals surface area contributed by atoms with Crippen LogP contribution in [0, 0.1) is 5.41 Å². The Morgan fingerprint density at radius 2 is 1.96 bits per heavy atom. The molecule has 1 aliphatic rings. The Balaban J connectivity index is 2.02. The van der Waals surface area contributed by atoms with Crippen molar-refractivity contribution in [3.8, 4) is 11.5 Å². The zero-order valence-corrected chi connectivity index (χ0v) is 15.6. The van der Waals surface area contributed by atoms with Gasteiger partial charge in [-0.2, -0.15) is 0 Å². The molecular weight excluding hydrogens is 302 g/mol. The number of methoxy groups -OCH3 is 2. The second-order valence-electron chi connectivity index (χ2n) is 6.92. The molecule has 134 valence electrons. The molecule has 0 spiro atoms. The van der Waals surface area contributed by atoms with Crippen LogP contribution < -0.4 is 20.1 Å². The second-order valence-corrected chi connectivity index (χ2v) is 6.92. The summed E-state index contributed by atoms with van der Waals surface area (Å²) in [7, 11) is 5.17. The average Bonchev–Trinajstić information content (AvgIpc) is 3.04. The Labute approximate surface area is 145 Å². The van der Waals surface area contributed by atoms with Gasteiger partial charge in [0, 0.05) is 19.2 Å². The first kappa shape index (κ1) is 18.4. The molecule has 0 bridgehead atoms. The maximum absolute atomic E-state index is 5.48. The van der Waals surface area contributed by atoms with Crippen LogP contribution in [0.1, 0.15) is 51.1 Å². The highest BCUT2D eigenvalue weighted by Gasteiger charge is 2.28. The SMILES string of the molecule is CN=C(NCC1(C)CCCC1)NC(C)c1cc(OC)ccc1OC. The molecule has 5 nitrogen and oxygen atoms in total.